The molecule has 3 aromatic rings. The van der Waals surface area contributed by atoms with Gasteiger partial charge in [-0.3, -0.25) is 0 Å². The summed E-state index contributed by atoms with van der Waals surface area (Å²) in [5.41, 5.74) is 0.497. The van der Waals surface area contributed by atoms with Crippen LogP contribution in [0.25, 0.3) is 0 Å². The molecular weight excluding hydrogens is 476 g/mol. The molecule has 0 aliphatic carbocycles. The number of ether oxygens (including phenoxy) is 2. The topological polar surface area (TPSA) is 44.8 Å². The third-order valence-electron chi connectivity index (χ3n) is 6.04. The van der Waals surface area contributed by atoms with E-state index in [1.807, 2.05) is 63.2 Å². The van der Waals surface area contributed by atoms with E-state index in [9.17, 15) is 4.79 Å². The van der Waals surface area contributed by atoms with Crippen molar-refractivity contribution in [1.82, 2.24) is 0 Å². The molecule has 0 heterocycles. The van der Waals surface area contributed by atoms with Gasteiger partial charge in [0.25, 0.3) is 8.32 Å². The number of carbonyl (C=O) groups excluding carboxylic acids is 1. The zero-order valence-corrected chi connectivity index (χ0v) is 23.9. The summed E-state index contributed by atoms with van der Waals surface area (Å²) >= 11 is 0. The van der Waals surface area contributed by atoms with Gasteiger partial charge in [0.05, 0.1) is 19.3 Å². The molecule has 5 heteroatoms. The summed E-state index contributed by atoms with van der Waals surface area (Å²) in [5.74, 6) is -0.397. The Bertz CT molecular complexity index is 1090. The van der Waals surface area contributed by atoms with Crippen molar-refractivity contribution >= 4 is 24.7 Å². The molecule has 1 atom stereocenters. The van der Waals surface area contributed by atoms with Crippen LogP contribution >= 0.6 is 0 Å². The van der Waals surface area contributed by atoms with Crippen molar-refractivity contribution < 1.29 is 18.7 Å². The fourth-order valence-corrected chi connectivity index (χ4v) is 9.00. The lowest BCUT2D eigenvalue weighted by Crippen LogP contribution is -2.67. The van der Waals surface area contributed by atoms with E-state index in [1.165, 1.54) is 16.4 Å². The number of hydrogen-bond donors (Lipinski definition) is 0. The maximum Gasteiger partial charge on any atom is 0.331 e. The van der Waals surface area contributed by atoms with Crippen LogP contribution in [0, 0.1) is 0 Å². The van der Waals surface area contributed by atoms with Gasteiger partial charge in [-0.25, -0.2) is 4.79 Å². The van der Waals surface area contributed by atoms with Crippen LogP contribution < -0.4 is 10.4 Å². The quantitative estimate of drug-likeness (QED) is 0.187. The van der Waals surface area contributed by atoms with Crippen molar-refractivity contribution in [2.75, 3.05) is 6.61 Å². The molecule has 3 rings (SSSR count). The van der Waals surface area contributed by atoms with E-state index in [-0.39, 0.29) is 5.04 Å². The average Bonchev–Trinajstić information content (AvgIpc) is 2.85. The summed E-state index contributed by atoms with van der Waals surface area (Å²) in [6.07, 6.45) is 2.78. The van der Waals surface area contributed by atoms with Crippen LogP contribution in [-0.4, -0.2) is 32.6 Å². The molecule has 0 radical (unpaired) electrons. The lowest BCUT2D eigenvalue weighted by atomic mass is 10.2. The van der Waals surface area contributed by atoms with Gasteiger partial charge in [0.15, 0.2) is 0 Å². The molecule has 0 aromatic heterocycles. The Hall–Kier alpha value is -2.99. The van der Waals surface area contributed by atoms with Crippen LogP contribution in [-0.2, 0) is 25.3 Å². The molecule has 0 spiro atoms. The fraction of sp³-hybridized carbons (Fsp3) is 0.344. The Morgan fingerprint density at radius 1 is 0.784 bits per heavy atom. The van der Waals surface area contributed by atoms with Gasteiger partial charge in [-0.05, 0) is 47.8 Å². The number of hydrogen-bond acceptors (Lipinski definition) is 4. The van der Waals surface area contributed by atoms with Crippen LogP contribution in [0.1, 0.15) is 47.1 Å². The largest absolute Gasteiger partial charge is 0.457 e. The first-order valence-corrected chi connectivity index (χ1v) is 14.7. The summed E-state index contributed by atoms with van der Waals surface area (Å²) < 4.78 is 18.8. The maximum absolute atomic E-state index is 12.4. The Balaban J connectivity index is 1.94. The first-order chi connectivity index (χ1) is 17.5. The van der Waals surface area contributed by atoms with Crippen molar-refractivity contribution in [1.29, 1.82) is 0 Å². The SMILES string of the molecule is CC(C)(C)OC(=O)/C=C/[C@@H](CO[Si](c1ccccc1)(c1ccccc1)C(C)(C)C)OCc1ccccc1. The molecule has 37 heavy (non-hydrogen) atoms. The van der Waals surface area contributed by atoms with E-state index in [0.717, 1.165) is 5.56 Å². The number of rotatable bonds is 10. The monoisotopic (exact) mass is 516 g/mol. The second kappa shape index (κ2) is 12.5. The highest BCUT2D eigenvalue weighted by Gasteiger charge is 2.50. The summed E-state index contributed by atoms with van der Waals surface area (Å²) in [6.45, 7) is 13.0. The van der Waals surface area contributed by atoms with E-state index in [1.54, 1.807) is 6.08 Å². The third-order valence-corrected chi connectivity index (χ3v) is 11.0. The Labute approximate surface area is 223 Å². The van der Waals surface area contributed by atoms with Crippen LogP contribution in [0.4, 0.5) is 0 Å². The average molecular weight is 517 g/mol. The van der Waals surface area contributed by atoms with Crippen LogP contribution in [0.2, 0.25) is 5.04 Å². The summed E-state index contributed by atoms with van der Waals surface area (Å²) in [7, 11) is -2.74. The molecule has 0 unspecified atom stereocenters. The van der Waals surface area contributed by atoms with Crippen molar-refractivity contribution in [3.63, 3.8) is 0 Å². The second-order valence-corrected chi connectivity index (χ2v) is 15.5. The molecule has 0 fully saturated rings. The van der Waals surface area contributed by atoms with E-state index in [2.05, 4.69) is 69.3 Å². The zero-order valence-electron chi connectivity index (χ0n) is 22.9. The summed E-state index contributed by atoms with van der Waals surface area (Å²) in [5, 5.41) is 2.24. The van der Waals surface area contributed by atoms with Gasteiger partial charge in [0, 0.05) is 6.08 Å². The summed E-state index contributed by atoms with van der Waals surface area (Å²) in [6, 6.07) is 31.0. The van der Waals surface area contributed by atoms with Crippen molar-refractivity contribution in [2.24, 2.45) is 0 Å². The molecule has 0 N–H and O–H groups in total. The minimum atomic E-state index is -2.74. The van der Waals surface area contributed by atoms with Crippen LogP contribution in [0.15, 0.2) is 103 Å². The number of carbonyl (C=O) groups is 1. The van der Waals surface area contributed by atoms with Crippen molar-refractivity contribution in [2.45, 2.75) is 64.9 Å². The van der Waals surface area contributed by atoms with Crippen LogP contribution in [0.5, 0.6) is 0 Å². The molecule has 3 aromatic carbocycles. The van der Waals surface area contributed by atoms with Gasteiger partial charge in [-0.15, -0.1) is 0 Å². The standard InChI is InChI=1S/C32H40O4Si/c1-31(2,3)36-30(33)23-22-27(34-24-26-16-10-7-11-17-26)25-35-37(32(4,5)6,28-18-12-8-13-19-28)29-20-14-9-15-21-29/h7-23,27H,24-25H2,1-6H3/b23-22+/t27-/m0/s1. The van der Waals surface area contributed by atoms with Crippen molar-refractivity contribution in [3.05, 3.63) is 109 Å². The molecule has 0 saturated heterocycles. The normalized spacial score (nSPS) is 13.5. The Morgan fingerprint density at radius 3 is 1.73 bits per heavy atom. The second-order valence-electron chi connectivity index (χ2n) is 11.2. The van der Waals surface area contributed by atoms with E-state index in [4.69, 9.17) is 13.9 Å². The molecule has 0 aliphatic heterocycles. The lowest BCUT2D eigenvalue weighted by molar-refractivity contribution is -0.148. The van der Waals surface area contributed by atoms with E-state index >= 15 is 0 Å². The van der Waals surface area contributed by atoms with Gasteiger partial charge in [0.1, 0.15) is 5.60 Å². The molecule has 0 amide bonds. The molecule has 0 aliphatic rings. The van der Waals surface area contributed by atoms with Gasteiger partial charge >= 0.3 is 5.97 Å². The minimum absolute atomic E-state index is 0.158. The van der Waals surface area contributed by atoms with Gasteiger partial charge in [0.2, 0.25) is 0 Å². The zero-order chi connectivity index (χ0) is 26.9. The van der Waals surface area contributed by atoms with Gasteiger partial charge < -0.3 is 13.9 Å². The van der Waals surface area contributed by atoms with E-state index in [0.29, 0.717) is 13.2 Å². The summed E-state index contributed by atoms with van der Waals surface area (Å²) in [4.78, 5) is 12.4. The highest BCUT2D eigenvalue weighted by atomic mass is 28.4. The molecule has 0 bridgehead atoms. The number of benzene rings is 3. The molecule has 0 saturated carbocycles. The van der Waals surface area contributed by atoms with E-state index < -0.39 is 26.0 Å². The number of esters is 1. The first-order valence-electron chi connectivity index (χ1n) is 12.8. The molecular formula is C32H40O4Si. The highest BCUT2D eigenvalue weighted by Crippen LogP contribution is 2.37. The first kappa shape index (κ1) is 28.6. The lowest BCUT2D eigenvalue weighted by Gasteiger charge is -2.43. The fourth-order valence-electron chi connectivity index (χ4n) is 4.43. The smallest absolute Gasteiger partial charge is 0.331 e. The van der Waals surface area contributed by atoms with Crippen molar-refractivity contribution in [3.8, 4) is 0 Å². The van der Waals surface area contributed by atoms with Gasteiger partial charge in [-0.2, -0.15) is 0 Å². The van der Waals surface area contributed by atoms with Crippen LogP contribution in [0.3, 0.4) is 0 Å². The third kappa shape index (κ3) is 7.99. The maximum atomic E-state index is 12.4. The predicted octanol–water partition coefficient (Wildman–Crippen LogP) is 6.05. The predicted molar refractivity (Wildman–Crippen MR) is 154 cm³/mol. The van der Waals surface area contributed by atoms with Gasteiger partial charge in [-0.1, -0.05) is 112 Å². The Kier molecular flexibility index (Phi) is 9.66. The molecule has 196 valence electrons. The minimum Gasteiger partial charge on any atom is -0.457 e. The molecule has 4 nitrogen and oxygen atoms in total. The Morgan fingerprint density at radius 2 is 1.27 bits per heavy atom. The highest BCUT2D eigenvalue weighted by molar-refractivity contribution is 6.99.